The van der Waals surface area contributed by atoms with Gasteiger partial charge in [0.1, 0.15) is 73.2 Å². The Bertz CT molecular complexity index is 1450. The monoisotopic (exact) mass is 877 g/mol. The average molecular weight is 878 g/mol. The molecule has 0 spiro atoms. The third-order valence-electron chi connectivity index (χ3n) is 11.6. The lowest BCUT2D eigenvalue weighted by Gasteiger charge is -2.51. The van der Waals surface area contributed by atoms with Crippen LogP contribution >= 0.6 is 0 Å². The summed E-state index contributed by atoms with van der Waals surface area (Å²) in [6.07, 6.45) is -32.2. The minimum atomic E-state index is -3.05. The van der Waals surface area contributed by atoms with Crippen molar-refractivity contribution in [3.05, 3.63) is 0 Å². The predicted molar refractivity (Wildman–Crippen MR) is 190 cm³/mol. The zero-order valence-electron chi connectivity index (χ0n) is 33.1. The summed E-state index contributed by atoms with van der Waals surface area (Å²) in [5, 5.41) is 150. The molecule has 25 heteroatoms. The number of aliphatic hydroxyl groups excluding tert-OH is 12. The summed E-state index contributed by atoms with van der Waals surface area (Å²) in [6, 6.07) is -1.57. The second-order valence-corrected chi connectivity index (χ2v) is 15.8. The molecule has 4 aliphatic heterocycles. The fraction of sp³-hybridized carbons (Fsp3) is 0.914. The summed E-state index contributed by atoms with van der Waals surface area (Å²) >= 11 is 0. The molecule has 4 rings (SSSR count). The second-order valence-electron chi connectivity index (χ2n) is 15.8. The van der Waals surface area contributed by atoms with Crippen molar-refractivity contribution < 1.29 is 119 Å². The van der Waals surface area contributed by atoms with Gasteiger partial charge < -0.3 is 110 Å². The van der Waals surface area contributed by atoms with Crippen molar-refractivity contribution in [2.45, 2.75) is 162 Å². The average Bonchev–Trinajstić information content (AvgIpc) is 3.20. The van der Waals surface area contributed by atoms with Gasteiger partial charge in [0.05, 0.1) is 56.9 Å². The second kappa shape index (κ2) is 20.4. The summed E-state index contributed by atoms with van der Waals surface area (Å²) in [5.74, 6) is -13.0. The maximum absolute atomic E-state index is 13.2. The topological polar surface area (TPSA) is 411 Å². The van der Waals surface area contributed by atoms with E-state index < -0.39 is 191 Å². The first kappa shape index (κ1) is 50.3. The molecule has 0 aliphatic carbocycles. The normalized spacial score (nSPS) is 44.6. The minimum Gasteiger partial charge on any atom is -0.477 e. The molecule has 0 aromatic carbocycles. The Morgan fingerprint density at radius 3 is 1.75 bits per heavy atom. The van der Waals surface area contributed by atoms with Gasteiger partial charge in [0.25, 0.3) is 11.6 Å². The summed E-state index contributed by atoms with van der Waals surface area (Å²) in [7, 11) is 0. The highest BCUT2D eigenvalue weighted by molar-refractivity contribution is 5.76. The molecule has 4 saturated heterocycles. The largest absolute Gasteiger partial charge is 0.477 e. The van der Waals surface area contributed by atoms with Gasteiger partial charge in [0.2, 0.25) is 5.91 Å². The molecule has 22 atom stereocenters. The smallest absolute Gasteiger partial charge is 0.364 e. The molecule has 4 aliphatic rings. The molecule has 4 heterocycles. The first-order valence-electron chi connectivity index (χ1n) is 19.3. The van der Waals surface area contributed by atoms with Crippen molar-refractivity contribution in [1.29, 1.82) is 0 Å². The molecule has 0 radical (unpaired) electrons. The van der Waals surface area contributed by atoms with E-state index in [1.54, 1.807) is 0 Å². The van der Waals surface area contributed by atoms with Gasteiger partial charge in [-0.2, -0.15) is 0 Å². The SMILES string of the molecule is CC(=O)NC1C(OC2C(CO)OC(C)C(O)C2OC2(C(=O)O)CC(O)C(C)C([C@H](O)C(CO)OC3(C(=O)O)CC(O)C(C)C([C@H](O)[C@H](O)CO)O3)O2)OC(CO)C(O)C1O. The van der Waals surface area contributed by atoms with E-state index in [1.807, 2.05) is 0 Å². The number of hydrogen-bond acceptors (Lipinski definition) is 22. The Morgan fingerprint density at radius 1 is 0.717 bits per heavy atom. The van der Waals surface area contributed by atoms with Crippen LogP contribution in [0.1, 0.15) is 40.5 Å². The van der Waals surface area contributed by atoms with Crippen molar-refractivity contribution in [2.24, 2.45) is 11.8 Å². The molecule has 4 fully saturated rings. The fourth-order valence-corrected chi connectivity index (χ4v) is 7.92. The molecule has 348 valence electrons. The van der Waals surface area contributed by atoms with Gasteiger partial charge >= 0.3 is 11.9 Å². The molecule has 25 nitrogen and oxygen atoms in total. The van der Waals surface area contributed by atoms with Crippen molar-refractivity contribution >= 4 is 17.8 Å². The number of carboxylic acids is 2. The Morgan fingerprint density at radius 2 is 1.25 bits per heavy atom. The van der Waals surface area contributed by atoms with E-state index >= 15 is 0 Å². The number of carboxylic acid groups (broad SMARTS) is 2. The molecular weight excluding hydrogens is 818 g/mol. The first-order chi connectivity index (χ1) is 28.0. The maximum Gasteiger partial charge on any atom is 0.364 e. The number of carbonyl (C=O) groups excluding carboxylic acids is 1. The summed E-state index contributed by atoms with van der Waals surface area (Å²) in [4.78, 5) is 38.0. The first-order valence-corrected chi connectivity index (χ1v) is 19.3. The van der Waals surface area contributed by atoms with Gasteiger partial charge in [0.15, 0.2) is 6.29 Å². The van der Waals surface area contributed by atoms with Crippen molar-refractivity contribution in [2.75, 3.05) is 26.4 Å². The van der Waals surface area contributed by atoms with Gasteiger partial charge in [-0.1, -0.05) is 13.8 Å². The van der Waals surface area contributed by atoms with Crippen molar-refractivity contribution in [3.8, 4) is 0 Å². The van der Waals surface area contributed by atoms with E-state index in [1.165, 1.54) is 20.8 Å². The number of rotatable bonds is 17. The van der Waals surface area contributed by atoms with Gasteiger partial charge in [-0.05, 0) is 6.92 Å². The summed E-state index contributed by atoms with van der Waals surface area (Å²) < 4.78 is 40.4. The Balaban J connectivity index is 1.70. The van der Waals surface area contributed by atoms with Gasteiger partial charge in [0, 0.05) is 31.6 Å². The number of aliphatic hydroxyl groups is 12. The fourth-order valence-electron chi connectivity index (χ4n) is 7.92. The molecule has 0 aromatic heterocycles. The Hall–Kier alpha value is -2.35. The van der Waals surface area contributed by atoms with E-state index in [0.717, 1.165) is 6.92 Å². The zero-order valence-corrected chi connectivity index (χ0v) is 33.1. The van der Waals surface area contributed by atoms with Crippen LogP contribution in [-0.2, 0) is 47.5 Å². The third kappa shape index (κ3) is 10.2. The van der Waals surface area contributed by atoms with Crippen LogP contribution in [0.25, 0.3) is 0 Å². The highest BCUT2D eigenvalue weighted by Crippen LogP contribution is 2.42. The number of amides is 1. The van der Waals surface area contributed by atoms with E-state index in [4.69, 9.17) is 33.2 Å². The number of nitrogens with one attached hydrogen (secondary N) is 1. The maximum atomic E-state index is 13.2. The molecule has 1 amide bonds. The van der Waals surface area contributed by atoms with Crippen LogP contribution in [0.3, 0.4) is 0 Å². The van der Waals surface area contributed by atoms with Crippen LogP contribution in [0.4, 0.5) is 0 Å². The summed E-state index contributed by atoms with van der Waals surface area (Å²) in [5.41, 5.74) is 0. The Labute approximate surface area is 342 Å². The van der Waals surface area contributed by atoms with E-state index in [0.29, 0.717) is 0 Å². The van der Waals surface area contributed by atoms with Crippen LogP contribution in [0.5, 0.6) is 0 Å². The highest BCUT2D eigenvalue weighted by atomic mass is 16.8. The van der Waals surface area contributed by atoms with Crippen LogP contribution in [0.2, 0.25) is 0 Å². The lowest BCUT2D eigenvalue weighted by atomic mass is 9.83. The quantitative estimate of drug-likeness (QED) is 0.0645. The number of aliphatic carboxylic acids is 2. The number of hydrogen-bond donors (Lipinski definition) is 15. The molecule has 0 aromatic rings. The number of carbonyl (C=O) groups is 3. The Kier molecular flexibility index (Phi) is 17.1. The van der Waals surface area contributed by atoms with E-state index in [2.05, 4.69) is 5.32 Å². The number of ether oxygens (including phenoxy) is 7. The van der Waals surface area contributed by atoms with Gasteiger partial charge in [-0.3, -0.25) is 4.79 Å². The lowest BCUT2D eigenvalue weighted by molar-refractivity contribution is -0.379. The van der Waals surface area contributed by atoms with Crippen LogP contribution in [0.15, 0.2) is 0 Å². The van der Waals surface area contributed by atoms with Gasteiger partial charge in [-0.25, -0.2) is 9.59 Å². The van der Waals surface area contributed by atoms with Crippen LogP contribution in [-0.4, -0.2) is 237 Å². The van der Waals surface area contributed by atoms with Crippen molar-refractivity contribution in [3.63, 3.8) is 0 Å². The predicted octanol–water partition coefficient (Wildman–Crippen LogP) is -7.57. The van der Waals surface area contributed by atoms with Crippen LogP contribution in [0, 0.1) is 11.8 Å². The zero-order chi connectivity index (χ0) is 45.2. The van der Waals surface area contributed by atoms with E-state index in [-0.39, 0.29) is 0 Å². The molecule has 15 N–H and O–H groups in total. The lowest BCUT2D eigenvalue weighted by Crippen LogP contribution is -2.69. The molecule has 19 unspecified atom stereocenters. The molecule has 0 saturated carbocycles. The van der Waals surface area contributed by atoms with Crippen molar-refractivity contribution in [1.82, 2.24) is 5.32 Å². The van der Waals surface area contributed by atoms with Crippen LogP contribution < -0.4 is 5.32 Å². The standard InChI is InChI=1S/C35H59NO24/c1-11-15(42)5-34(32(50)51,58-27(11)23(46)17(44)7-37)57-19(9-39)25(48)28-12(2)16(43)6-35(59-28,33(52)53)60-30-22(45)13(3)54-20(10-40)29(30)56-31-21(36-14(4)41)26(49)24(47)18(8-38)55-31/h11-13,15-31,37-40,42-49H,5-10H2,1-4H3,(H,36,41)(H,50,51)(H,52,53)/t11?,12?,13?,15?,16?,17-,18?,19?,20?,21?,22?,23-,24?,25-,26?,27?,28?,29?,30?,31?,34?,35?/m1/s1. The summed E-state index contributed by atoms with van der Waals surface area (Å²) in [6.45, 7) is 1.03. The molecular formula is C35H59NO24. The highest BCUT2D eigenvalue weighted by Gasteiger charge is 2.61. The molecule has 60 heavy (non-hydrogen) atoms. The van der Waals surface area contributed by atoms with Gasteiger partial charge in [-0.15, -0.1) is 0 Å². The minimum absolute atomic E-state index is 0.739. The van der Waals surface area contributed by atoms with E-state index in [9.17, 15) is 85.9 Å². The third-order valence-corrected chi connectivity index (χ3v) is 11.6. The molecule has 0 bridgehead atoms.